The number of carbonyl (C=O) groups is 2. The lowest BCUT2D eigenvalue weighted by Crippen LogP contribution is -2.63. The first-order valence-corrected chi connectivity index (χ1v) is 4.94. The van der Waals surface area contributed by atoms with Crippen molar-refractivity contribution in [2.24, 2.45) is 0 Å². The van der Waals surface area contributed by atoms with Gasteiger partial charge in [-0.2, -0.15) is 26.3 Å². The van der Waals surface area contributed by atoms with Crippen molar-refractivity contribution in [3.63, 3.8) is 0 Å². The van der Waals surface area contributed by atoms with Crippen LogP contribution in [0.4, 0.5) is 26.3 Å². The highest BCUT2D eigenvalue weighted by atomic mass is 19.4. The molecule has 5 nitrogen and oxygen atoms in total. The van der Waals surface area contributed by atoms with Gasteiger partial charge < -0.3 is 14.6 Å². The summed E-state index contributed by atoms with van der Waals surface area (Å²) in [5.74, 6) is -3.36. The monoisotopic (exact) mass is 312 g/mol. The number of hydrogen-bond acceptors (Lipinski definition) is 5. The van der Waals surface area contributed by atoms with Crippen molar-refractivity contribution in [3.8, 4) is 0 Å². The molecule has 0 saturated heterocycles. The van der Waals surface area contributed by atoms with E-state index in [0.29, 0.717) is 0 Å². The molecule has 0 rings (SSSR count). The molecular weight excluding hydrogens is 302 g/mol. The molecule has 11 heteroatoms. The number of ketones is 1. The quantitative estimate of drug-likeness (QED) is 0.450. The van der Waals surface area contributed by atoms with Gasteiger partial charge in [-0.1, -0.05) is 0 Å². The Bertz CT molecular complexity index is 347. The predicted molar refractivity (Wildman–Crippen MR) is 49.5 cm³/mol. The largest absolute Gasteiger partial charge is 0.461 e. The van der Waals surface area contributed by atoms with Gasteiger partial charge in [-0.3, -0.25) is 4.79 Å². The molecule has 0 amide bonds. The molecule has 0 radical (unpaired) electrons. The number of alkyl halides is 6. The van der Waals surface area contributed by atoms with E-state index in [1.54, 1.807) is 0 Å². The highest BCUT2D eigenvalue weighted by Crippen LogP contribution is 2.43. The number of halogens is 6. The second-order valence-corrected chi connectivity index (χ2v) is 3.60. The van der Waals surface area contributed by atoms with Crippen LogP contribution < -0.4 is 0 Å². The van der Waals surface area contributed by atoms with Crippen LogP contribution in [0.2, 0.25) is 0 Å². The van der Waals surface area contributed by atoms with Crippen LogP contribution >= 0.6 is 0 Å². The van der Waals surface area contributed by atoms with E-state index in [1.165, 1.54) is 0 Å². The molecule has 1 N–H and O–H groups in total. The fourth-order valence-electron chi connectivity index (χ4n) is 0.906. The molecule has 0 bridgehead atoms. The summed E-state index contributed by atoms with van der Waals surface area (Å²) in [4.78, 5) is 21.2. The molecule has 0 aromatic heterocycles. The first-order chi connectivity index (χ1) is 8.84. The minimum atomic E-state index is -6.29. The predicted octanol–water partition coefficient (Wildman–Crippen LogP) is 0.991. The van der Waals surface area contributed by atoms with Crippen LogP contribution in [-0.2, 0) is 19.1 Å². The van der Waals surface area contributed by atoms with Crippen molar-refractivity contribution >= 4 is 11.8 Å². The number of ether oxygens (including phenoxy) is 2. The fraction of sp³-hybridized carbons (Fsp3) is 0.778. The van der Waals surface area contributed by atoms with Gasteiger partial charge in [0, 0.05) is 0 Å². The van der Waals surface area contributed by atoms with Crippen molar-refractivity contribution in [1.29, 1.82) is 0 Å². The average molecular weight is 312 g/mol. The van der Waals surface area contributed by atoms with Gasteiger partial charge >= 0.3 is 23.9 Å². The van der Waals surface area contributed by atoms with E-state index >= 15 is 0 Å². The summed E-state index contributed by atoms with van der Waals surface area (Å²) in [7, 11) is 0. The zero-order valence-corrected chi connectivity index (χ0v) is 9.97. The van der Waals surface area contributed by atoms with Crippen LogP contribution in [0.5, 0.6) is 0 Å². The van der Waals surface area contributed by atoms with Gasteiger partial charge in [0.1, 0.15) is 13.2 Å². The zero-order valence-electron chi connectivity index (χ0n) is 9.97. The van der Waals surface area contributed by atoms with Crippen LogP contribution in [0.1, 0.15) is 6.92 Å². The highest BCUT2D eigenvalue weighted by molar-refractivity contribution is 5.81. The Morgan fingerprint density at radius 1 is 1.00 bits per heavy atom. The van der Waals surface area contributed by atoms with Crippen molar-refractivity contribution in [2.75, 3.05) is 19.8 Å². The van der Waals surface area contributed by atoms with Gasteiger partial charge in [0.15, 0.2) is 5.78 Å². The van der Waals surface area contributed by atoms with Gasteiger partial charge in [0.05, 0.1) is 6.61 Å². The molecule has 0 aromatic rings. The van der Waals surface area contributed by atoms with Crippen molar-refractivity contribution in [3.05, 3.63) is 0 Å². The van der Waals surface area contributed by atoms with Gasteiger partial charge in [-0.25, -0.2) is 4.79 Å². The van der Waals surface area contributed by atoms with E-state index in [2.05, 4.69) is 9.47 Å². The van der Waals surface area contributed by atoms with Crippen LogP contribution in [0.3, 0.4) is 0 Å². The maximum absolute atomic E-state index is 12.2. The van der Waals surface area contributed by atoms with Crippen LogP contribution in [0.25, 0.3) is 0 Å². The molecule has 0 heterocycles. The lowest BCUT2D eigenvalue weighted by Gasteiger charge is -2.29. The van der Waals surface area contributed by atoms with Crippen molar-refractivity contribution in [1.82, 2.24) is 0 Å². The summed E-state index contributed by atoms with van der Waals surface area (Å²) in [5.41, 5.74) is -5.61. The normalized spacial score (nSPS) is 13.2. The molecule has 0 spiro atoms. The molecule has 0 aliphatic heterocycles. The molecule has 0 atom stereocenters. The van der Waals surface area contributed by atoms with Gasteiger partial charge in [0.2, 0.25) is 0 Å². The smallest absolute Gasteiger partial charge is 0.437 e. The molecule has 0 aliphatic carbocycles. The molecule has 0 saturated carbocycles. The first kappa shape index (κ1) is 18.6. The number of esters is 1. The minimum Gasteiger partial charge on any atom is -0.461 e. The van der Waals surface area contributed by atoms with Crippen LogP contribution in [0.15, 0.2) is 0 Å². The number of Topliss-reactive ketones (excluding diaryl/α,β-unsaturated/α-hetero) is 1. The third-order valence-corrected chi connectivity index (χ3v) is 1.88. The molecule has 20 heavy (non-hydrogen) atoms. The Kier molecular flexibility index (Phi) is 5.96. The SMILES string of the molecule is CC(=O)COCCOC(=O)C(O)(C(F)(F)F)C(F)(F)F. The molecule has 0 aromatic carbocycles. The van der Waals surface area contributed by atoms with Gasteiger partial charge in [0.25, 0.3) is 0 Å². The highest BCUT2D eigenvalue weighted by Gasteiger charge is 2.76. The minimum absolute atomic E-state index is 0.444. The summed E-state index contributed by atoms with van der Waals surface area (Å²) in [5, 5.41) is 8.58. The summed E-state index contributed by atoms with van der Waals surface area (Å²) >= 11 is 0. The lowest BCUT2D eigenvalue weighted by molar-refractivity contribution is -0.357. The second kappa shape index (κ2) is 6.39. The van der Waals surface area contributed by atoms with E-state index in [9.17, 15) is 35.9 Å². The van der Waals surface area contributed by atoms with E-state index in [4.69, 9.17) is 5.11 Å². The Labute approximate surface area is 108 Å². The van der Waals surface area contributed by atoms with Crippen LogP contribution in [-0.4, -0.2) is 54.6 Å². The van der Waals surface area contributed by atoms with Crippen LogP contribution in [0, 0.1) is 0 Å². The van der Waals surface area contributed by atoms with E-state index in [1.807, 2.05) is 0 Å². The van der Waals surface area contributed by atoms with Gasteiger partial charge in [-0.05, 0) is 6.92 Å². The molecule has 0 aliphatic rings. The van der Waals surface area contributed by atoms with Crippen molar-refractivity contribution in [2.45, 2.75) is 24.9 Å². The Hall–Kier alpha value is -1.36. The second-order valence-electron chi connectivity index (χ2n) is 3.60. The van der Waals surface area contributed by atoms with E-state index in [0.717, 1.165) is 6.92 Å². The van der Waals surface area contributed by atoms with E-state index in [-0.39, 0.29) is 0 Å². The summed E-state index contributed by atoms with van der Waals surface area (Å²) in [6.45, 7) is -0.907. The Morgan fingerprint density at radius 3 is 1.80 bits per heavy atom. The molecule has 0 fully saturated rings. The maximum Gasteiger partial charge on any atom is 0.437 e. The Balaban J connectivity index is 4.66. The summed E-state index contributed by atoms with van der Waals surface area (Å²) in [6, 6.07) is 0. The molecule has 118 valence electrons. The standard InChI is InChI=1S/C9H10F6O5/c1-5(16)4-19-2-3-20-6(17)7(18,8(10,11)12)9(13,14)15/h18H,2-4H2,1H3. The fourth-order valence-corrected chi connectivity index (χ4v) is 0.906. The summed E-state index contributed by atoms with van der Waals surface area (Å²) in [6.07, 6.45) is -12.6. The average Bonchev–Trinajstić information content (AvgIpc) is 2.23. The number of rotatable bonds is 6. The lowest BCUT2D eigenvalue weighted by atomic mass is 10.0. The molecular formula is C9H10F6O5. The molecule has 0 unspecified atom stereocenters. The summed E-state index contributed by atoms with van der Waals surface area (Å²) < 4.78 is 81.2. The third kappa shape index (κ3) is 4.34. The number of carbonyl (C=O) groups excluding carboxylic acids is 2. The maximum atomic E-state index is 12.2. The van der Waals surface area contributed by atoms with E-state index < -0.39 is 49.5 Å². The topological polar surface area (TPSA) is 72.8 Å². The number of aliphatic hydroxyl groups is 1. The van der Waals surface area contributed by atoms with Crippen molar-refractivity contribution < 1.29 is 50.5 Å². The first-order valence-electron chi connectivity index (χ1n) is 4.94. The zero-order chi connectivity index (χ0) is 16.2. The van der Waals surface area contributed by atoms with Gasteiger partial charge in [-0.15, -0.1) is 0 Å². The Morgan fingerprint density at radius 2 is 1.45 bits per heavy atom. The third-order valence-electron chi connectivity index (χ3n) is 1.88. The number of hydrogen-bond donors (Lipinski definition) is 1.